The van der Waals surface area contributed by atoms with Crippen LogP contribution in [-0.4, -0.2) is 26.6 Å². The van der Waals surface area contributed by atoms with Gasteiger partial charge in [-0.3, -0.25) is 0 Å². The Bertz CT molecular complexity index is 1350. The molecular weight excluding hydrogens is 452 g/mol. The molecule has 0 radical (unpaired) electrons. The van der Waals surface area contributed by atoms with E-state index in [1.807, 2.05) is 24.3 Å². The Morgan fingerprint density at radius 1 is 0.969 bits per heavy atom. The van der Waals surface area contributed by atoms with E-state index in [-0.39, 0.29) is 10.0 Å². The van der Waals surface area contributed by atoms with Crippen molar-refractivity contribution in [3.63, 3.8) is 0 Å². The number of hydrogen-bond acceptors (Lipinski definition) is 6. The van der Waals surface area contributed by atoms with E-state index in [1.165, 1.54) is 12.1 Å². The molecular formula is C23H19ClN2O5S. The number of aromatic nitrogens is 1. The number of halogens is 1. The van der Waals surface area contributed by atoms with Crippen molar-refractivity contribution in [2.75, 3.05) is 13.2 Å². The number of nitrogens with one attached hydrogen (secondary N) is 1. The van der Waals surface area contributed by atoms with Crippen LogP contribution >= 0.6 is 11.6 Å². The molecule has 164 valence electrons. The number of pyridine rings is 1. The summed E-state index contributed by atoms with van der Waals surface area (Å²) < 4.78 is 46.7. The minimum absolute atomic E-state index is 0.0443. The van der Waals surface area contributed by atoms with Gasteiger partial charge < -0.3 is 13.9 Å². The summed E-state index contributed by atoms with van der Waals surface area (Å²) in [5.41, 5.74) is 1.12. The zero-order chi connectivity index (χ0) is 22.1. The van der Waals surface area contributed by atoms with Crippen molar-refractivity contribution in [3.8, 4) is 11.5 Å². The summed E-state index contributed by atoms with van der Waals surface area (Å²) in [7, 11) is -3.99. The molecule has 3 heterocycles. The molecule has 4 aromatic rings. The van der Waals surface area contributed by atoms with E-state index < -0.39 is 16.1 Å². The minimum Gasteiger partial charge on any atom is -0.490 e. The molecule has 0 unspecified atom stereocenters. The fraction of sp³-hybridized carbons (Fsp3) is 0.174. The number of fused-ring (bicyclic) bond motifs is 2. The van der Waals surface area contributed by atoms with Crippen molar-refractivity contribution >= 4 is 32.6 Å². The van der Waals surface area contributed by atoms with E-state index >= 15 is 0 Å². The molecule has 0 spiro atoms. The van der Waals surface area contributed by atoms with Crippen LogP contribution in [0.5, 0.6) is 11.5 Å². The summed E-state index contributed by atoms with van der Waals surface area (Å²) in [6.07, 6.45) is 2.27. The predicted octanol–water partition coefficient (Wildman–Crippen LogP) is 4.71. The second kappa shape index (κ2) is 8.46. The van der Waals surface area contributed by atoms with Gasteiger partial charge in [0.15, 0.2) is 11.5 Å². The molecule has 5 rings (SSSR count). The Morgan fingerprint density at radius 2 is 1.78 bits per heavy atom. The maximum atomic E-state index is 13.4. The number of benzene rings is 2. The molecule has 32 heavy (non-hydrogen) atoms. The highest BCUT2D eigenvalue weighted by Gasteiger charge is 2.28. The normalized spacial score (nSPS) is 14.8. The first-order valence-corrected chi connectivity index (χ1v) is 11.9. The third-order valence-electron chi connectivity index (χ3n) is 5.13. The minimum atomic E-state index is -3.99. The fourth-order valence-corrected chi connectivity index (χ4v) is 4.99. The molecule has 0 saturated carbocycles. The molecule has 2 aromatic carbocycles. The van der Waals surface area contributed by atoms with Gasteiger partial charge in [0, 0.05) is 29.6 Å². The first-order valence-electron chi connectivity index (χ1n) is 10.0. The maximum Gasteiger partial charge on any atom is 0.241 e. The highest BCUT2D eigenvalue weighted by atomic mass is 35.5. The summed E-state index contributed by atoms with van der Waals surface area (Å²) in [6.45, 7) is 0.974. The summed E-state index contributed by atoms with van der Waals surface area (Å²) in [5, 5.41) is 1.03. The van der Waals surface area contributed by atoms with E-state index in [2.05, 4.69) is 9.71 Å². The average molecular weight is 471 g/mol. The van der Waals surface area contributed by atoms with Crippen LogP contribution in [0.1, 0.15) is 23.8 Å². The Hall–Kier alpha value is -3.07. The van der Waals surface area contributed by atoms with Gasteiger partial charge in [-0.05, 0) is 30.3 Å². The van der Waals surface area contributed by atoms with Crippen LogP contribution in [0.25, 0.3) is 11.0 Å². The van der Waals surface area contributed by atoms with Gasteiger partial charge in [0.1, 0.15) is 22.5 Å². The highest BCUT2D eigenvalue weighted by molar-refractivity contribution is 7.89. The number of sulfonamides is 1. The van der Waals surface area contributed by atoms with Gasteiger partial charge in [-0.1, -0.05) is 35.9 Å². The van der Waals surface area contributed by atoms with Gasteiger partial charge in [-0.25, -0.2) is 13.4 Å². The second-order valence-electron chi connectivity index (χ2n) is 7.28. The van der Waals surface area contributed by atoms with E-state index in [0.29, 0.717) is 41.6 Å². The average Bonchev–Trinajstić information content (AvgIpc) is 3.08. The smallest absolute Gasteiger partial charge is 0.241 e. The van der Waals surface area contributed by atoms with Gasteiger partial charge in [-0.2, -0.15) is 4.72 Å². The van der Waals surface area contributed by atoms with Gasteiger partial charge in [0.2, 0.25) is 10.0 Å². The zero-order valence-corrected chi connectivity index (χ0v) is 18.4. The second-order valence-corrected chi connectivity index (χ2v) is 9.36. The first-order chi connectivity index (χ1) is 15.5. The maximum absolute atomic E-state index is 13.4. The SMILES string of the molecule is O=S(=O)(N[C@@H](c1cc2ccccc2o1)c1cccnc1Cl)c1ccc2c(c1)OCCCO2. The molecule has 0 amide bonds. The molecule has 1 aliphatic heterocycles. The lowest BCUT2D eigenvalue weighted by Gasteiger charge is -2.18. The van der Waals surface area contributed by atoms with Crippen LogP contribution in [0.4, 0.5) is 0 Å². The molecule has 0 aliphatic carbocycles. The molecule has 0 bridgehead atoms. The number of furan rings is 1. The lowest BCUT2D eigenvalue weighted by atomic mass is 10.1. The predicted molar refractivity (Wildman–Crippen MR) is 120 cm³/mol. The first kappa shape index (κ1) is 20.8. The fourth-order valence-electron chi connectivity index (χ4n) is 3.57. The van der Waals surface area contributed by atoms with Crippen LogP contribution in [0.15, 0.2) is 76.2 Å². The van der Waals surface area contributed by atoms with Gasteiger partial charge in [0.05, 0.1) is 18.1 Å². The van der Waals surface area contributed by atoms with Crippen LogP contribution in [0.3, 0.4) is 0 Å². The summed E-state index contributed by atoms with van der Waals surface area (Å²) >= 11 is 6.33. The quantitative estimate of drug-likeness (QED) is 0.425. The molecule has 9 heteroatoms. The van der Waals surface area contributed by atoms with Crippen LogP contribution in [-0.2, 0) is 10.0 Å². The van der Waals surface area contributed by atoms with Crippen molar-refractivity contribution in [2.24, 2.45) is 0 Å². The third-order valence-corrected chi connectivity index (χ3v) is 6.87. The topological polar surface area (TPSA) is 90.7 Å². The van der Waals surface area contributed by atoms with E-state index in [0.717, 1.165) is 11.8 Å². The molecule has 7 nitrogen and oxygen atoms in total. The number of nitrogens with zero attached hydrogens (tertiary/aromatic N) is 1. The van der Waals surface area contributed by atoms with Gasteiger partial charge in [0.25, 0.3) is 0 Å². The monoisotopic (exact) mass is 470 g/mol. The summed E-state index contributed by atoms with van der Waals surface area (Å²) in [5.74, 6) is 1.31. The highest BCUT2D eigenvalue weighted by Crippen LogP contribution is 2.35. The van der Waals surface area contributed by atoms with Crippen LogP contribution in [0.2, 0.25) is 5.15 Å². The third kappa shape index (κ3) is 4.04. The number of para-hydroxylation sites is 1. The van der Waals surface area contributed by atoms with E-state index in [9.17, 15) is 8.42 Å². The lowest BCUT2D eigenvalue weighted by molar-refractivity contribution is 0.297. The lowest BCUT2D eigenvalue weighted by Crippen LogP contribution is -2.29. The molecule has 1 atom stereocenters. The number of ether oxygens (including phenoxy) is 2. The van der Waals surface area contributed by atoms with Gasteiger partial charge in [-0.15, -0.1) is 0 Å². The molecule has 1 aliphatic rings. The standard InChI is InChI=1S/C23H19ClN2O5S/c24-23-17(6-3-10-25-23)22(21-13-15-5-1-2-7-18(15)31-21)26-32(27,28)16-8-9-19-20(14-16)30-12-4-11-29-19/h1-3,5-10,13-14,22,26H,4,11-12H2/t22-/m1/s1. The van der Waals surface area contributed by atoms with Gasteiger partial charge >= 0.3 is 0 Å². The Labute approximate surface area is 190 Å². The largest absolute Gasteiger partial charge is 0.490 e. The molecule has 1 N–H and O–H groups in total. The Morgan fingerprint density at radius 3 is 2.59 bits per heavy atom. The molecule has 0 saturated heterocycles. The van der Waals surface area contributed by atoms with Crippen molar-refractivity contribution in [1.29, 1.82) is 0 Å². The van der Waals surface area contributed by atoms with Crippen molar-refractivity contribution in [1.82, 2.24) is 9.71 Å². The van der Waals surface area contributed by atoms with Crippen molar-refractivity contribution in [2.45, 2.75) is 17.4 Å². The zero-order valence-electron chi connectivity index (χ0n) is 16.8. The van der Waals surface area contributed by atoms with Crippen molar-refractivity contribution in [3.05, 3.63) is 83.3 Å². The van der Waals surface area contributed by atoms with Crippen LogP contribution < -0.4 is 14.2 Å². The Balaban J connectivity index is 1.56. The number of rotatable bonds is 5. The van der Waals surface area contributed by atoms with Crippen molar-refractivity contribution < 1.29 is 22.3 Å². The van der Waals surface area contributed by atoms with Crippen LogP contribution in [0, 0.1) is 0 Å². The summed E-state index contributed by atoms with van der Waals surface area (Å²) in [6, 6.07) is 16.3. The molecule has 2 aromatic heterocycles. The summed E-state index contributed by atoms with van der Waals surface area (Å²) in [4.78, 5) is 4.15. The van der Waals surface area contributed by atoms with E-state index in [4.69, 9.17) is 25.5 Å². The Kier molecular flexibility index (Phi) is 5.50. The molecule has 0 fully saturated rings. The number of hydrogen-bond donors (Lipinski definition) is 1. The van der Waals surface area contributed by atoms with E-state index in [1.54, 1.807) is 30.5 Å².